The highest BCUT2D eigenvalue weighted by Gasteiger charge is 1.99. The quantitative estimate of drug-likeness (QED) is 0.731. The second kappa shape index (κ2) is 5.31. The number of aliphatic hydroxyl groups excluding tert-OH is 1. The second-order valence-electron chi connectivity index (χ2n) is 3.19. The highest BCUT2D eigenvalue weighted by atomic mass is 16.5. The van der Waals surface area contributed by atoms with Crippen molar-refractivity contribution in [2.45, 2.75) is 19.4 Å². The SMILES string of the molecule is C#CCOc1ccc(CC(C)O)cc1. The summed E-state index contributed by atoms with van der Waals surface area (Å²) < 4.78 is 5.22. The molecule has 0 aromatic heterocycles. The summed E-state index contributed by atoms with van der Waals surface area (Å²) in [5.41, 5.74) is 1.09. The molecule has 1 aromatic rings. The Labute approximate surface area is 84.5 Å². The summed E-state index contributed by atoms with van der Waals surface area (Å²) >= 11 is 0. The van der Waals surface area contributed by atoms with E-state index < -0.39 is 0 Å². The predicted octanol–water partition coefficient (Wildman–Crippen LogP) is 1.62. The Hall–Kier alpha value is -1.46. The monoisotopic (exact) mass is 190 g/mol. The molecule has 0 fully saturated rings. The van der Waals surface area contributed by atoms with E-state index in [-0.39, 0.29) is 12.7 Å². The molecule has 0 saturated carbocycles. The Morgan fingerprint density at radius 3 is 2.57 bits per heavy atom. The minimum absolute atomic E-state index is 0.287. The van der Waals surface area contributed by atoms with Gasteiger partial charge in [-0.25, -0.2) is 0 Å². The molecule has 0 radical (unpaired) electrons. The molecule has 14 heavy (non-hydrogen) atoms. The Morgan fingerprint density at radius 1 is 1.43 bits per heavy atom. The van der Waals surface area contributed by atoms with E-state index in [4.69, 9.17) is 16.3 Å². The van der Waals surface area contributed by atoms with Crippen molar-refractivity contribution in [3.63, 3.8) is 0 Å². The number of rotatable bonds is 4. The van der Waals surface area contributed by atoms with Crippen LogP contribution in [0, 0.1) is 12.3 Å². The summed E-state index contributed by atoms with van der Waals surface area (Å²) in [6, 6.07) is 7.57. The highest BCUT2D eigenvalue weighted by molar-refractivity contribution is 5.27. The van der Waals surface area contributed by atoms with E-state index >= 15 is 0 Å². The fourth-order valence-electron chi connectivity index (χ4n) is 1.19. The first-order chi connectivity index (χ1) is 6.72. The lowest BCUT2D eigenvalue weighted by Gasteiger charge is -2.06. The molecule has 2 nitrogen and oxygen atoms in total. The Morgan fingerprint density at radius 2 is 2.07 bits per heavy atom. The molecule has 1 rings (SSSR count). The maximum atomic E-state index is 9.16. The molecular formula is C12H14O2. The van der Waals surface area contributed by atoms with Crippen LogP contribution in [-0.2, 0) is 6.42 Å². The first-order valence-corrected chi connectivity index (χ1v) is 4.55. The number of hydrogen-bond donors (Lipinski definition) is 1. The van der Waals surface area contributed by atoms with Crippen LogP contribution in [0.3, 0.4) is 0 Å². The number of hydrogen-bond acceptors (Lipinski definition) is 2. The molecule has 1 unspecified atom stereocenters. The van der Waals surface area contributed by atoms with Crippen molar-refractivity contribution in [1.82, 2.24) is 0 Å². The van der Waals surface area contributed by atoms with Crippen LogP contribution in [0.5, 0.6) is 5.75 Å². The Balaban J connectivity index is 2.56. The van der Waals surface area contributed by atoms with Gasteiger partial charge in [0.05, 0.1) is 6.10 Å². The lowest BCUT2D eigenvalue weighted by molar-refractivity contribution is 0.195. The normalized spacial score (nSPS) is 11.8. The lowest BCUT2D eigenvalue weighted by atomic mass is 10.1. The molecule has 1 N–H and O–H groups in total. The number of benzene rings is 1. The van der Waals surface area contributed by atoms with Crippen LogP contribution in [0.4, 0.5) is 0 Å². The molecular weight excluding hydrogens is 176 g/mol. The molecule has 0 aliphatic carbocycles. The maximum Gasteiger partial charge on any atom is 0.148 e. The van der Waals surface area contributed by atoms with Crippen molar-refractivity contribution in [2.24, 2.45) is 0 Å². The molecule has 74 valence electrons. The summed E-state index contributed by atoms with van der Waals surface area (Å²) in [5.74, 6) is 3.16. The van der Waals surface area contributed by atoms with Crippen LogP contribution in [0.15, 0.2) is 24.3 Å². The minimum atomic E-state index is -0.313. The Bertz CT molecular complexity index is 306. The zero-order chi connectivity index (χ0) is 10.4. The van der Waals surface area contributed by atoms with E-state index in [1.165, 1.54) is 0 Å². The average molecular weight is 190 g/mol. The van der Waals surface area contributed by atoms with Crippen LogP contribution >= 0.6 is 0 Å². The van der Waals surface area contributed by atoms with Gasteiger partial charge in [0.15, 0.2) is 0 Å². The van der Waals surface area contributed by atoms with Crippen molar-refractivity contribution >= 4 is 0 Å². The molecule has 0 heterocycles. The van der Waals surface area contributed by atoms with Crippen LogP contribution in [0.25, 0.3) is 0 Å². The molecule has 1 aromatic carbocycles. The van der Waals surface area contributed by atoms with Crippen molar-refractivity contribution < 1.29 is 9.84 Å². The third-order valence-corrected chi connectivity index (χ3v) is 1.78. The van der Waals surface area contributed by atoms with E-state index in [1.54, 1.807) is 6.92 Å². The van der Waals surface area contributed by atoms with Gasteiger partial charge < -0.3 is 9.84 Å². The first-order valence-electron chi connectivity index (χ1n) is 4.55. The van der Waals surface area contributed by atoms with Gasteiger partial charge in [0.2, 0.25) is 0 Å². The molecule has 0 saturated heterocycles. The average Bonchev–Trinajstić information content (AvgIpc) is 2.16. The van der Waals surface area contributed by atoms with Crippen LogP contribution in [0.2, 0.25) is 0 Å². The summed E-state index contributed by atoms with van der Waals surface area (Å²) in [5, 5.41) is 9.16. The second-order valence-corrected chi connectivity index (χ2v) is 3.19. The van der Waals surface area contributed by atoms with E-state index in [9.17, 15) is 0 Å². The van der Waals surface area contributed by atoms with Gasteiger partial charge in [-0.2, -0.15) is 0 Å². The highest BCUT2D eigenvalue weighted by Crippen LogP contribution is 2.13. The van der Waals surface area contributed by atoms with Gasteiger partial charge in [0.1, 0.15) is 12.4 Å². The van der Waals surface area contributed by atoms with E-state index in [0.29, 0.717) is 6.42 Å². The van der Waals surface area contributed by atoms with Gasteiger partial charge in [-0.3, -0.25) is 0 Å². The maximum absolute atomic E-state index is 9.16. The van der Waals surface area contributed by atoms with Gasteiger partial charge in [0.25, 0.3) is 0 Å². The molecule has 0 amide bonds. The minimum Gasteiger partial charge on any atom is -0.481 e. The van der Waals surface area contributed by atoms with Crippen LogP contribution in [-0.4, -0.2) is 17.8 Å². The third-order valence-electron chi connectivity index (χ3n) is 1.78. The standard InChI is InChI=1S/C12H14O2/c1-3-8-14-12-6-4-11(5-7-12)9-10(2)13/h1,4-7,10,13H,8-9H2,2H3. The van der Waals surface area contributed by atoms with Crippen molar-refractivity contribution in [3.05, 3.63) is 29.8 Å². The molecule has 0 spiro atoms. The van der Waals surface area contributed by atoms with Gasteiger partial charge in [-0.05, 0) is 31.0 Å². The lowest BCUT2D eigenvalue weighted by Crippen LogP contribution is -2.03. The summed E-state index contributed by atoms with van der Waals surface area (Å²) in [6.07, 6.45) is 5.41. The van der Waals surface area contributed by atoms with E-state index in [1.807, 2.05) is 24.3 Å². The van der Waals surface area contributed by atoms with Gasteiger partial charge >= 0.3 is 0 Å². The van der Waals surface area contributed by atoms with Gasteiger partial charge in [0, 0.05) is 0 Å². The van der Waals surface area contributed by atoms with Crippen molar-refractivity contribution in [2.75, 3.05) is 6.61 Å². The van der Waals surface area contributed by atoms with Crippen molar-refractivity contribution in [1.29, 1.82) is 0 Å². The predicted molar refractivity (Wildman–Crippen MR) is 56.2 cm³/mol. The fourth-order valence-corrected chi connectivity index (χ4v) is 1.19. The summed E-state index contributed by atoms with van der Waals surface area (Å²) in [4.78, 5) is 0. The van der Waals surface area contributed by atoms with Crippen LogP contribution in [0.1, 0.15) is 12.5 Å². The van der Waals surface area contributed by atoms with E-state index in [0.717, 1.165) is 11.3 Å². The van der Waals surface area contributed by atoms with Gasteiger partial charge in [-0.15, -0.1) is 6.42 Å². The van der Waals surface area contributed by atoms with E-state index in [2.05, 4.69) is 5.92 Å². The zero-order valence-electron chi connectivity index (χ0n) is 8.23. The molecule has 0 aliphatic rings. The molecule has 1 atom stereocenters. The summed E-state index contributed by atoms with van der Waals surface area (Å²) in [6.45, 7) is 2.05. The Kier molecular flexibility index (Phi) is 4.03. The van der Waals surface area contributed by atoms with Crippen LogP contribution < -0.4 is 4.74 Å². The zero-order valence-corrected chi connectivity index (χ0v) is 8.23. The van der Waals surface area contributed by atoms with Crippen molar-refractivity contribution in [3.8, 4) is 18.1 Å². The first kappa shape index (κ1) is 10.6. The molecule has 0 aliphatic heterocycles. The molecule has 2 heteroatoms. The number of terminal acetylenes is 1. The third kappa shape index (κ3) is 3.51. The molecule has 0 bridgehead atoms. The fraction of sp³-hybridized carbons (Fsp3) is 0.333. The number of aliphatic hydroxyl groups is 1. The van der Waals surface area contributed by atoms with Gasteiger partial charge in [-0.1, -0.05) is 18.1 Å². The number of ether oxygens (including phenoxy) is 1. The smallest absolute Gasteiger partial charge is 0.148 e. The topological polar surface area (TPSA) is 29.5 Å². The summed E-state index contributed by atoms with van der Waals surface area (Å²) in [7, 11) is 0. The largest absolute Gasteiger partial charge is 0.481 e.